The van der Waals surface area contributed by atoms with E-state index < -0.39 is 0 Å². The summed E-state index contributed by atoms with van der Waals surface area (Å²) in [4.78, 5) is 0. The summed E-state index contributed by atoms with van der Waals surface area (Å²) in [5.41, 5.74) is 1.42. The zero-order valence-electron chi connectivity index (χ0n) is 12.0. The zero-order valence-corrected chi connectivity index (χ0v) is 12.0. The second-order valence-electron chi connectivity index (χ2n) is 5.09. The van der Waals surface area contributed by atoms with Crippen molar-refractivity contribution in [2.24, 2.45) is 11.8 Å². The minimum atomic E-state index is 0.583. The first kappa shape index (κ1) is 15.2. The van der Waals surface area contributed by atoms with E-state index in [1.807, 2.05) is 0 Å². The van der Waals surface area contributed by atoms with Gasteiger partial charge in [-0.15, -0.1) is 0 Å². The van der Waals surface area contributed by atoms with Gasteiger partial charge in [0, 0.05) is 13.7 Å². The number of rotatable bonds is 9. The standard InChI is InChI=1S/C16H27NO/c1-4-10-17-12-16(14(2)13-18-3)11-15-8-6-5-7-9-15/h5-9,14,16-17H,4,10-13H2,1-3H3. The van der Waals surface area contributed by atoms with E-state index in [4.69, 9.17) is 4.74 Å². The van der Waals surface area contributed by atoms with Crippen LogP contribution in [-0.2, 0) is 11.2 Å². The first-order valence-corrected chi connectivity index (χ1v) is 7.01. The van der Waals surface area contributed by atoms with Crippen LogP contribution in [0.25, 0.3) is 0 Å². The molecule has 0 aliphatic heterocycles. The number of methoxy groups -OCH3 is 1. The van der Waals surface area contributed by atoms with Crippen molar-refractivity contribution in [2.45, 2.75) is 26.7 Å². The number of benzene rings is 1. The first-order valence-electron chi connectivity index (χ1n) is 7.01. The zero-order chi connectivity index (χ0) is 13.2. The largest absolute Gasteiger partial charge is 0.384 e. The van der Waals surface area contributed by atoms with Gasteiger partial charge in [-0.2, -0.15) is 0 Å². The smallest absolute Gasteiger partial charge is 0.0491 e. The Morgan fingerprint density at radius 1 is 1.22 bits per heavy atom. The van der Waals surface area contributed by atoms with E-state index in [9.17, 15) is 0 Å². The van der Waals surface area contributed by atoms with Crippen molar-refractivity contribution >= 4 is 0 Å². The number of hydrogen-bond acceptors (Lipinski definition) is 2. The Morgan fingerprint density at radius 2 is 1.94 bits per heavy atom. The molecule has 2 heteroatoms. The lowest BCUT2D eigenvalue weighted by atomic mass is 9.88. The van der Waals surface area contributed by atoms with Gasteiger partial charge < -0.3 is 10.1 Å². The fraction of sp³-hybridized carbons (Fsp3) is 0.625. The van der Waals surface area contributed by atoms with Crippen molar-refractivity contribution in [3.63, 3.8) is 0 Å². The van der Waals surface area contributed by atoms with Gasteiger partial charge in [0.2, 0.25) is 0 Å². The Balaban J connectivity index is 2.53. The average Bonchev–Trinajstić information content (AvgIpc) is 2.39. The molecule has 1 rings (SSSR count). The van der Waals surface area contributed by atoms with Gasteiger partial charge in [0.1, 0.15) is 0 Å². The van der Waals surface area contributed by atoms with Crippen LogP contribution in [0.15, 0.2) is 30.3 Å². The average molecular weight is 249 g/mol. The maximum Gasteiger partial charge on any atom is 0.0491 e. The summed E-state index contributed by atoms with van der Waals surface area (Å²) in [5.74, 6) is 1.22. The molecular formula is C16H27NO. The van der Waals surface area contributed by atoms with Gasteiger partial charge in [-0.3, -0.25) is 0 Å². The van der Waals surface area contributed by atoms with Gasteiger partial charge in [0.25, 0.3) is 0 Å². The Labute approximate surface area is 112 Å². The fourth-order valence-electron chi connectivity index (χ4n) is 2.25. The Kier molecular flexibility index (Phi) is 7.70. The molecule has 18 heavy (non-hydrogen) atoms. The van der Waals surface area contributed by atoms with Crippen LogP contribution < -0.4 is 5.32 Å². The highest BCUT2D eigenvalue weighted by Crippen LogP contribution is 2.17. The number of hydrogen-bond donors (Lipinski definition) is 1. The number of ether oxygens (including phenoxy) is 1. The van der Waals surface area contributed by atoms with E-state index in [0.717, 1.165) is 26.1 Å². The molecule has 1 aromatic carbocycles. The van der Waals surface area contributed by atoms with E-state index >= 15 is 0 Å². The second kappa shape index (κ2) is 9.12. The van der Waals surface area contributed by atoms with Crippen molar-refractivity contribution in [1.29, 1.82) is 0 Å². The third kappa shape index (κ3) is 5.65. The van der Waals surface area contributed by atoms with Gasteiger partial charge in [-0.05, 0) is 43.3 Å². The Bertz CT molecular complexity index is 299. The lowest BCUT2D eigenvalue weighted by Gasteiger charge is -2.24. The molecule has 0 radical (unpaired) electrons. The van der Waals surface area contributed by atoms with Crippen LogP contribution in [0.5, 0.6) is 0 Å². The Morgan fingerprint density at radius 3 is 2.56 bits per heavy atom. The van der Waals surface area contributed by atoms with Crippen molar-refractivity contribution in [2.75, 3.05) is 26.8 Å². The molecule has 0 amide bonds. The third-order valence-corrected chi connectivity index (χ3v) is 3.41. The van der Waals surface area contributed by atoms with Crippen molar-refractivity contribution in [3.05, 3.63) is 35.9 Å². The quantitative estimate of drug-likeness (QED) is 0.679. The molecule has 0 bridgehead atoms. The van der Waals surface area contributed by atoms with E-state index in [-0.39, 0.29) is 0 Å². The van der Waals surface area contributed by atoms with Crippen LogP contribution in [0.1, 0.15) is 25.8 Å². The van der Waals surface area contributed by atoms with E-state index in [0.29, 0.717) is 11.8 Å². The fourth-order valence-corrected chi connectivity index (χ4v) is 2.25. The van der Waals surface area contributed by atoms with Crippen LogP contribution >= 0.6 is 0 Å². The molecule has 0 fully saturated rings. The first-order chi connectivity index (χ1) is 8.77. The molecule has 0 heterocycles. The summed E-state index contributed by atoms with van der Waals surface area (Å²) in [6.45, 7) is 7.51. The lowest BCUT2D eigenvalue weighted by molar-refractivity contribution is 0.128. The minimum Gasteiger partial charge on any atom is -0.384 e. The van der Waals surface area contributed by atoms with E-state index in [1.165, 1.54) is 12.0 Å². The van der Waals surface area contributed by atoms with Crippen LogP contribution in [0.2, 0.25) is 0 Å². The summed E-state index contributed by atoms with van der Waals surface area (Å²) in [6.07, 6.45) is 2.32. The van der Waals surface area contributed by atoms with Gasteiger partial charge >= 0.3 is 0 Å². The van der Waals surface area contributed by atoms with Gasteiger partial charge in [0.05, 0.1) is 0 Å². The molecule has 102 valence electrons. The highest BCUT2D eigenvalue weighted by atomic mass is 16.5. The van der Waals surface area contributed by atoms with Crippen LogP contribution in [0, 0.1) is 11.8 Å². The highest BCUT2D eigenvalue weighted by molar-refractivity contribution is 5.15. The molecule has 0 aliphatic carbocycles. The SMILES string of the molecule is CCCNCC(Cc1ccccc1)C(C)COC. The van der Waals surface area contributed by atoms with Crippen LogP contribution in [-0.4, -0.2) is 26.8 Å². The molecule has 2 unspecified atom stereocenters. The predicted molar refractivity (Wildman–Crippen MR) is 77.8 cm³/mol. The minimum absolute atomic E-state index is 0.583. The maximum absolute atomic E-state index is 5.30. The monoisotopic (exact) mass is 249 g/mol. The maximum atomic E-state index is 5.30. The molecule has 1 aromatic rings. The van der Waals surface area contributed by atoms with Crippen LogP contribution in [0.4, 0.5) is 0 Å². The van der Waals surface area contributed by atoms with Gasteiger partial charge in [-0.1, -0.05) is 44.2 Å². The molecule has 2 atom stereocenters. The normalized spacial score (nSPS) is 14.4. The highest BCUT2D eigenvalue weighted by Gasteiger charge is 2.17. The molecule has 0 aliphatic rings. The molecular weight excluding hydrogens is 222 g/mol. The van der Waals surface area contributed by atoms with E-state index in [2.05, 4.69) is 49.5 Å². The molecule has 0 spiro atoms. The van der Waals surface area contributed by atoms with Crippen molar-refractivity contribution < 1.29 is 4.74 Å². The predicted octanol–water partition coefficient (Wildman–Crippen LogP) is 3.13. The second-order valence-corrected chi connectivity index (χ2v) is 5.09. The molecule has 2 nitrogen and oxygen atoms in total. The van der Waals surface area contributed by atoms with Gasteiger partial charge in [-0.25, -0.2) is 0 Å². The molecule has 0 saturated heterocycles. The number of nitrogens with one attached hydrogen (secondary N) is 1. The molecule has 0 aromatic heterocycles. The topological polar surface area (TPSA) is 21.3 Å². The summed E-state index contributed by atoms with van der Waals surface area (Å²) in [6, 6.07) is 10.7. The summed E-state index contributed by atoms with van der Waals surface area (Å²) >= 11 is 0. The molecule has 1 N–H and O–H groups in total. The molecule has 0 saturated carbocycles. The third-order valence-electron chi connectivity index (χ3n) is 3.41. The van der Waals surface area contributed by atoms with Gasteiger partial charge in [0.15, 0.2) is 0 Å². The summed E-state index contributed by atoms with van der Waals surface area (Å²) in [5, 5.41) is 3.54. The Hall–Kier alpha value is -0.860. The van der Waals surface area contributed by atoms with Crippen molar-refractivity contribution in [3.8, 4) is 0 Å². The van der Waals surface area contributed by atoms with Crippen molar-refractivity contribution in [1.82, 2.24) is 5.32 Å². The lowest BCUT2D eigenvalue weighted by Crippen LogP contribution is -2.31. The van der Waals surface area contributed by atoms with Crippen LogP contribution in [0.3, 0.4) is 0 Å². The summed E-state index contributed by atoms with van der Waals surface area (Å²) in [7, 11) is 1.79. The van der Waals surface area contributed by atoms with E-state index in [1.54, 1.807) is 7.11 Å². The summed E-state index contributed by atoms with van der Waals surface area (Å²) < 4.78 is 5.30.